The first-order valence-corrected chi connectivity index (χ1v) is 14.1. The minimum absolute atomic E-state index is 0.0547. The van der Waals surface area contributed by atoms with Crippen LogP contribution in [0.4, 0.5) is 9.18 Å². The van der Waals surface area contributed by atoms with Gasteiger partial charge >= 0.3 is 6.09 Å². The van der Waals surface area contributed by atoms with Crippen molar-refractivity contribution in [1.29, 1.82) is 0 Å². The fourth-order valence-corrected chi connectivity index (χ4v) is 5.67. The second-order valence-electron chi connectivity index (χ2n) is 11.1. The van der Waals surface area contributed by atoms with Crippen LogP contribution >= 0.6 is 0 Å². The highest BCUT2D eigenvalue weighted by molar-refractivity contribution is 5.74. The third-order valence-electron chi connectivity index (χ3n) is 8.07. The molecule has 7 nitrogen and oxygen atoms in total. The van der Waals surface area contributed by atoms with Crippen LogP contribution in [-0.4, -0.2) is 60.7 Å². The van der Waals surface area contributed by atoms with Crippen LogP contribution in [0.3, 0.4) is 0 Å². The number of nitrogens with zero attached hydrogens (tertiary/aromatic N) is 2. The van der Waals surface area contributed by atoms with E-state index in [1.165, 1.54) is 36.7 Å². The summed E-state index contributed by atoms with van der Waals surface area (Å²) >= 11 is 0. The third-order valence-corrected chi connectivity index (χ3v) is 8.07. The molecule has 1 aliphatic heterocycles. The number of nitrogens with one attached hydrogen (secondary N) is 1. The molecule has 2 aliphatic rings. The number of piperidine rings is 1. The number of methoxy groups -OCH3 is 1. The Hall–Kier alpha value is -3.91. The van der Waals surface area contributed by atoms with Crippen LogP contribution in [0.2, 0.25) is 0 Å². The normalized spacial score (nSPS) is 19.3. The summed E-state index contributed by atoms with van der Waals surface area (Å²) in [6, 6.07) is 24.7. The van der Waals surface area contributed by atoms with Gasteiger partial charge in [0.1, 0.15) is 11.6 Å². The number of carbonyl (C=O) groups excluding carboxylic acids is 1. The summed E-state index contributed by atoms with van der Waals surface area (Å²) in [6.07, 6.45) is 2.22. The fraction of sp³-hybridized carbons (Fsp3) is 0.394. The van der Waals surface area contributed by atoms with E-state index in [1.807, 2.05) is 6.07 Å². The lowest BCUT2D eigenvalue weighted by molar-refractivity contribution is -0.121. The summed E-state index contributed by atoms with van der Waals surface area (Å²) in [5, 5.41) is 11.8. The Morgan fingerprint density at radius 1 is 1.02 bits per heavy atom. The highest BCUT2D eigenvalue weighted by Crippen LogP contribution is 2.48. The SMILES string of the molecule is CN(Cc1ccc(F)cc1)C(=O)O.COc1ccc([C@H]2C[C@H]2CN2CCC(NC(C)=O)(c3ccccc3)CC2)cc1. The lowest BCUT2D eigenvalue weighted by Crippen LogP contribution is -2.52. The molecule has 3 aromatic rings. The van der Waals surface area contributed by atoms with Crippen molar-refractivity contribution in [2.75, 3.05) is 33.8 Å². The molecule has 0 unspecified atom stereocenters. The number of carbonyl (C=O) groups is 2. The summed E-state index contributed by atoms with van der Waals surface area (Å²) in [6.45, 7) is 5.11. The van der Waals surface area contributed by atoms with Crippen molar-refractivity contribution in [1.82, 2.24) is 15.1 Å². The zero-order chi connectivity index (χ0) is 29.4. The highest BCUT2D eigenvalue weighted by atomic mass is 19.1. The number of amides is 2. The molecule has 2 atom stereocenters. The van der Waals surface area contributed by atoms with Gasteiger partial charge in [-0.3, -0.25) is 4.79 Å². The molecule has 3 aromatic carbocycles. The first-order chi connectivity index (χ1) is 19.7. The van der Waals surface area contributed by atoms with Crippen LogP contribution in [0.1, 0.15) is 48.8 Å². The molecule has 0 aromatic heterocycles. The van der Waals surface area contributed by atoms with Gasteiger partial charge in [-0.05, 0) is 72.1 Å². The number of ether oxygens (including phenoxy) is 1. The van der Waals surface area contributed by atoms with E-state index in [-0.39, 0.29) is 23.8 Å². The number of hydrogen-bond donors (Lipinski definition) is 2. The van der Waals surface area contributed by atoms with E-state index < -0.39 is 6.09 Å². The molecule has 0 bridgehead atoms. The minimum atomic E-state index is -0.996. The molecule has 1 saturated carbocycles. The Morgan fingerprint density at radius 3 is 2.22 bits per heavy atom. The summed E-state index contributed by atoms with van der Waals surface area (Å²) in [5.41, 5.74) is 3.21. The summed E-state index contributed by atoms with van der Waals surface area (Å²) in [4.78, 5) is 26.0. The first kappa shape index (κ1) is 30.1. The lowest BCUT2D eigenvalue weighted by Gasteiger charge is -2.43. The first-order valence-electron chi connectivity index (χ1n) is 14.1. The average molecular weight is 562 g/mol. The molecule has 1 aliphatic carbocycles. The maximum atomic E-state index is 12.5. The predicted octanol–water partition coefficient (Wildman–Crippen LogP) is 5.86. The van der Waals surface area contributed by atoms with E-state index in [4.69, 9.17) is 9.84 Å². The van der Waals surface area contributed by atoms with E-state index >= 15 is 0 Å². The van der Waals surface area contributed by atoms with Crippen molar-refractivity contribution in [2.45, 2.75) is 44.2 Å². The second-order valence-corrected chi connectivity index (χ2v) is 11.1. The average Bonchev–Trinajstić information content (AvgIpc) is 3.75. The van der Waals surface area contributed by atoms with Crippen LogP contribution in [0.5, 0.6) is 5.75 Å². The van der Waals surface area contributed by atoms with E-state index in [0.717, 1.165) is 54.6 Å². The van der Waals surface area contributed by atoms with Crippen LogP contribution in [0, 0.1) is 11.7 Å². The number of rotatable bonds is 8. The van der Waals surface area contributed by atoms with Gasteiger partial charge in [0.15, 0.2) is 0 Å². The minimum Gasteiger partial charge on any atom is -0.497 e. The van der Waals surface area contributed by atoms with Crippen molar-refractivity contribution < 1.29 is 23.8 Å². The van der Waals surface area contributed by atoms with E-state index in [2.05, 4.69) is 58.7 Å². The van der Waals surface area contributed by atoms with Gasteiger partial charge in [0.2, 0.25) is 5.91 Å². The molecule has 2 amide bonds. The summed E-state index contributed by atoms with van der Waals surface area (Å²) < 4.78 is 17.7. The summed E-state index contributed by atoms with van der Waals surface area (Å²) in [7, 11) is 3.17. The Labute approximate surface area is 241 Å². The molecule has 1 heterocycles. The van der Waals surface area contributed by atoms with E-state index in [1.54, 1.807) is 26.2 Å². The number of carboxylic acid groups (broad SMARTS) is 1. The molecule has 5 rings (SSSR count). The molecular weight excluding hydrogens is 521 g/mol. The van der Waals surface area contributed by atoms with Crippen LogP contribution in [-0.2, 0) is 16.9 Å². The standard InChI is InChI=1S/C24H30N2O2.C9H10FNO2/c1-18(27)25-24(21-6-4-3-5-7-21)12-14-26(15-13-24)17-20-16-23(20)19-8-10-22(28-2)11-9-19;1-11(9(12)13)6-7-2-4-8(10)5-3-7/h3-11,20,23H,12-17H2,1-2H3,(H,25,27);2-5H,6H2,1H3,(H,12,13)/t20-,23+;/m0./s1. The molecule has 2 fully saturated rings. The molecule has 8 heteroatoms. The second kappa shape index (κ2) is 13.6. The molecule has 218 valence electrons. The fourth-order valence-electron chi connectivity index (χ4n) is 5.67. The maximum Gasteiger partial charge on any atom is 0.407 e. The quantitative estimate of drug-likeness (QED) is 0.360. The number of hydrogen-bond acceptors (Lipinski definition) is 4. The largest absolute Gasteiger partial charge is 0.497 e. The predicted molar refractivity (Wildman–Crippen MR) is 157 cm³/mol. The smallest absolute Gasteiger partial charge is 0.407 e. The number of halogens is 1. The van der Waals surface area contributed by atoms with Gasteiger partial charge in [-0.2, -0.15) is 0 Å². The Kier molecular flexibility index (Phi) is 10.00. The van der Waals surface area contributed by atoms with Gasteiger partial charge in [-0.15, -0.1) is 0 Å². The topological polar surface area (TPSA) is 82.1 Å². The van der Waals surface area contributed by atoms with Gasteiger partial charge in [-0.1, -0.05) is 54.6 Å². The maximum absolute atomic E-state index is 12.5. The van der Waals surface area contributed by atoms with Crippen molar-refractivity contribution in [3.05, 3.63) is 101 Å². The van der Waals surface area contributed by atoms with Crippen LogP contribution in [0.15, 0.2) is 78.9 Å². The lowest BCUT2D eigenvalue weighted by atomic mass is 9.80. The molecule has 41 heavy (non-hydrogen) atoms. The van der Waals surface area contributed by atoms with Gasteiger partial charge in [0.05, 0.1) is 12.6 Å². The van der Waals surface area contributed by atoms with E-state index in [9.17, 15) is 14.0 Å². The van der Waals surface area contributed by atoms with Crippen molar-refractivity contribution in [3.8, 4) is 5.75 Å². The van der Waals surface area contributed by atoms with Gasteiger partial charge in [0, 0.05) is 40.2 Å². The Balaban J connectivity index is 0.000000251. The Bertz CT molecular complexity index is 1280. The van der Waals surface area contributed by atoms with Crippen LogP contribution < -0.4 is 10.1 Å². The summed E-state index contributed by atoms with van der Waals surface area (Å²) in [5.74, 6) is 2.09. The molecule has 2 N–H and O–H groups in total. The Morgan fingerprint density at radius 2 is 1.66 bits per heavy atom. The third kappa shape index (κ3) is 8.30. The van der Waals surface area contributed by atoms with Crippen molar-refractivity contribution in [2.24, 2.45) is 5.92 Å². The highest BCUT2D eigenvalue weighted by Gasteiger charge is 2.42. The molecular formula is C33H40FN3O4. The van der Waals surface area contributed by atoms with Gasteiger partial charge in [0.25, 0.3) is 0 Å². The van der Waals surface area contributed by atoms with E-state index in [0.29, 0.717) is 5.92 Å². The van der Waals surface area contributed by atoms with Crippen molar-refractivity contribution >= 4 is 12.0 Å². The molecule has 0 radical (unpaired) electrons. The molecule has 0 spiro atoms. The molecule has 1 saturated heterocycles. The van der Waals surface area contributed by atoms with Gasteiger partial charge < -0.3 is 25.0 Å². The van der Waals surface area contributed by atoms with Crippen LogP contribution in [0.25, 0.3) is 0 Å². The number of likely N-dealkylation sites (tertiary alicyclic amines) is 1. The monoisotopic (exact) mass is 561 g/mol. The zero-order valence-corrected chi connectivity index (χ0v) is 24.1. The van der Waals surface area contributed by atoms with Crippen molar-refractivity contribution in [3.63, 3.8) is 0 Å². The van der Waals surface area contributed by atoms with Gasteiger partial charge in [-0.25, -0.2) is 9.18 Å². The number of benzene rings is 3. The zero-order valence-electron chi connectivity index (χ0n) is 24.1.